The van der Waals surface area contributed by atoms with Crippen LogP contribution in [0.1, 0.15) is 35.2 Å². The van der Waals surface area contributed by atoms with Crippen LogP contribution in [0.5, 0.6) is 5.75 Å². The van der Waals surface area contributed by atoms with Crippen molar-refractivity contribution >= 4 is 35.2 Å². The minimum atomic E-state index is -0.890. The Hall–Kier alpha value is -4.25. The summed E-state index contributed by atoms with van der Waals surface area (Å²) in [4.78, 5) is 59.6. The van der Waals surface area contributed by atoms with E-state index < -0.39 is 17.9 Å². The van der Waals surface area contributed by atoms with Crippen LogP contribution in [-0.2, 0) is 32.8 Å². The number of piperidine rings is 1. The van der Waals surface area contributed by atoms with E-state index in [0.29, 0.717) is 16.3 Å². The number of rotatable bonds is 6. The molecule has 2 saturated heterocycles. The van der Waals surface area contributed by atoms with Gasteiger partial charge in [0.1, 0.15) is 23.5 Å². The molecular formula is C26H25N5O6. The van der Waals surface area contributed by atoms with Crippen LogP contribution in [0.25, 0.3) is 22.3 Å². The van der Waals surface area contributed by atoms with Crippen molar-refractivity contribution in [3.63, 3.8) is 0 Å². The van der Waals surface area contributed by atoms with E-state index in [4.69, 9.17) is 9.72 Å². The maximum Gasteiger partial charge on any atom is 0.321 e. The number of aryl methyl sites for hydroxylation is 1. The molecule has 2 aromatic heterocycles. The SMILES string of the molecule is Cn1ccc2c(O[C@@H]3CCNC3)cc(-c3ccc4c(c3)CN([C@H]3CCC(=O)N(OC=O)C3=O)C4=O)nc21. The summed E-state index contributed by atoms with van der Waals surface area (Å²) in [6.45, 7) is 1.95. The van der Waals surface area contributed by atoms with E-state index in [9.17, 15) is 19.2 Å². The topological polar surface area (TPSA) is 123 Å². The zero-order chi connectivity index (χ0) is 25.7. The third-order valence-corrected chi connectivity index (χ3v) is 7.21. The van der Waals surface area contributed by atoms with Crippen LogP contribution in [0.2, 0.25) is 0 Å². The van der Waals surface area contributed by atoms with Crippen LogP contribution in [0.4, 0.5) is 0 Å². The molecule has 11 heteroatoms. The van der Waals surface area contributed by atoms with Gasteiger partial charge in [0, 0.05) is 49.9 Å². The number of benzene rings is 1. The number of nitrogens with zero attached hydrogens (tertiary/aromatic N) is 4. The molecule has 3 aliphatic heterocycles. The number of aromatic nitrogens is 2. The Kier molecular flexibility index (Phi) is 5.64. The smallest absolute Gasteiger partial charge is 0.321 e. The number of fused-ring (bicyclic) bond motifs is 2. The van der Waals surface area contributed by atoms with E-state index in [2.05, 4.69) is 10.2 Å². The lowest BCUT2D eigenvalue weighted by atomic mass is 10.0. The fourth-order valence-electron chi connectivity index (χ4n) is 5.30. The highest BCUT2D eigenvalue weighted by molar-refractivity contribution is 6.05. The fourth-order valence-corrected chi connectivity index (χ4v) is 5.30. The molecule has 2 atom stereocenters. The van der Waals surface area contributed by atoms with Crippen LogP contribution in [0.3, 0.4) is 0 Å². The van der Waals surface area contributed by atoms with Gasteiger partial charge in [-0.1, -0.05) is 6.07 Å². The summed E-state index contributed by atoms with van der Waals surface area (Å²) in [6.07, 6.45) is 3.14. The summed E-state index contributed by atoms with van der Waals surface area (Å²) in [6, 6.07) is 8.52. The van der Waals surface area contributed by atoms with E-state index >= 15 is 0 Å². The molecule has 0 saturated carbocycles. The zero-order valence-corrected chi connectivity index (χ0v) is 20.2. The van der Waals surface area contributed by atoms with E-state index in [1.807, 2.05) is 42.1 Å². The number of nitrogens with one attached hydrogen (secondary N) is 1. The molecule has 0 radical (unpaired) electrons. The minimum absolute atomic E-state index is 0.00445. The predicted octanol–water partition coefficient (Wildman–Crippen LogP) is 1.54. The molecule has 5 heterocycles. The molecule has 0 bridgehead atoms. The molecule has 2 fully saturated rings. The van der Waals surface area contributed by atoms with Gasteiger partial charge in [-0.25, -0.2) is 4.98 Å². The van der Waals surface area contributed by atoms with Crippen molar-refractivity contribution in [2.75, 3.05) is 13.1 Å². The van der Waals surface area contributed by atoms with Crippen LogP contribution >= 0.6 is 0 Å². The standard InChI is InChI=1S/C26H25N5O6/c1-29-9-7-19-22(37-17-6-8-27-12-17)11-20(28-24(19)29)15-2-3-18-16(10-15)13-30(25(18)34)21-4-5-23(33)31(26(21)35)36-14-32/h2-3,7,9-11,14,17,21,27H,4-6,8,12-13H2,1H3/t17-,21+/m1/s1. The largest absolute Gasteiger partial charge is 0.488 e. The second-order valence-corrected chi connectivity index (χ2v) is 9.49. The molecule has 6 rings (SSSR count). The Morgan fingerprint density at radius 2 is 2.00 bits per heavy atom. The van der Waals surface area contributed by atoms with Gasteiger partial charge in [0.2, 0.25) is 0 Å². The number of carbonyl (C=O) groups excluding carboxylic acids is 4. The van der Waals surface area contributed by atoms with Crippen LogP contribution in [0, 0.1) is 0 Å². The number of hydroxylamine groups is 2. The first-order valence-corrected chi connectivity index (χ1v) is 12.2. The third-order valence-electron chi connectivity index (χ3n) is 7.21. The molecule has 0 aliphatic carbocycles. The first-order chi connectivity index (χ1) is 17.9. The average molecular weight is 504 g/mol. The van der Waals surface area contributed by atoms with Crippen molar-refractivity contribution < 1.29 is 28.8 Å². The molecule has 0 unspecified atom stereocenters. The lowest BCUT2D eigenvalue weighted by molar-refractivity contribution is -0.200. The molecule has 1 N–H and O–H groups in total. The highest BCUT2D eigenvalue weighted by Crippen LogP contribution is 2.35. The van der Waals surface area contributed by atoms with E-state index in [-0.39, 0.29) is 37.9 Å². The fraction of sp³-hybridized carbons (Fsp3) is 0.346. The Bertz CT molecular complexity index is 1440. The Balaban J connectivity index is 1.31. The van der Waals surface area contributed by atoms with Crippen molar-refractivity contribution in [1.82, 2.24) is 24.8 Å². The molecule has 3 aliphatic rings. The van der Waals surface area contributed by atoms with Crippen LogP contribution in [0.15, 0.2) is 36.5 Å². The summed E-state index contributed by atoms with van der Waals surface area (Å²) >= 11 is 0. The number of hydrogen-bond acceptors (Lipinski definition) is 8. The van der Waals surface area contributed by atoms with Gasteiger partial charge in [-0.15, -0.1) is 5.06 Å². The van der Waals surface area contributed by atoms with Gasteiger partial charge in [0.15, 0.2) is 0 Å². The number of amides is 3. The Morgan fingerprint density at radius 3 is 2.78 bits per heavy atom. The molecule has 0 spiro atoms. The second kappa shape index (κ2) is 9.00. The van der Waals surface area contributed by atoms with Crippen molar-refractivity contribution in [1.29, 1.82) is 0 Å². The first-order valence-electron chi connectivity index (χ1n) is 12.2. The van der Waals surface area contributed by atoms with Crippen molar-refractivity contribution in [2.24, 2.45) is 7.05 Å². The number of carbonyl (C=O) groups is 4. The summed E-state index contributed by atoms with van der Waals surface area (Å²) in [5, 5.41) is 4.70. The van der Waals surface area contributed by atoms with E-state index in [0.717, 1.165) is 47.4 Å². The highest BCUT2D eigenvalue weighted by Gasteiger charge is 2.44. The molecular weight excluding hydrogens is 478 g/mol. The van der Waals surface area contributed by atoms with Crippen LogP contribution in [-0.4, -0.2) is 68.9 Å². The van der Waals surface area contributed by atoms with Gasteiger partial charge < -0.3 is 24.4 Å². The highest BCUT2D eigenvalue weighted by atomic mass is 16.7. The second-order valence-electron chi connectivity index (χ2n) is 9.49. The van der Waals surface area contributed by atoms with Gasteiger partial charge >= 0.3 is 6.47 Å². The lowest BCUT2D eigenvalue weighted by Gasteiger charge is -2.33. The monoisotopic (exact) mass is 503 g/mol. The molecule has 11 nitrogen and oxygen atoms in total. The molecule has 190 valence electrons. The van der Waals surface area contributed by atoms with Gasteiger partial charge in [-0.2, -0.15) is 0 Å². The maximum absolute atomic E-state index is 13.2. The average Bonchev–Trinajstić information content (AvgIpc) is 3.62. The molecule has 37 heavy (non-hydrogen) atoms. The van der Waals surface area contributed by atoms with Crippen molar-refractivity contribution in [3.8, 4) is 17.0 Å². The van der Waals surface area contributed by atoms with E-state index in [1.54, 1.807) is 6.07 Å². The molecule has 3 aromatic rings. The summed E-state index contributed by atoms with van der Waals surface area (Å²) in [5.41, 5.74) is 3.58. The van der Waals surface area contributed by atoms with Gasteiger partial charge in [0.05, 0.1) is 11.1 Å². The van der Waals surface area contributed by atoms with Crippen LogP contribution < -0.4 is 10.1 Å². The van der Waals surface area contributed by atoms with Gasteiger partial charge in [-0.05, 0) is 43.1 Å². The number of hydrogen-bond donors (Lipinski definition) is 1. The zero-order valence-electron chi connectivity index (χ0n) is 20.2. The van der Waals surface area contributed by atoms with E-state index in [1.165, 1.54) is 4.90 Å². The van der Waals surface area contributed by atoms with Gasteiger partial charge in [0.25, 0.3) is 17.7 Å². The number of ether oxygens (including phenoxy) is 1. The Morgan fingerprint density at radius 1 is 1.14 bits per heavy atom. The summed E-state index contributed by atoms with van der Waals surface area (Å²) < 4.78 is 8.28. The van der Waals surface area contributed by atoms with Gasteiger partial charge in [-0.3, -0.25) is 19.2 Å². The summed E-state index contributed by atoms with van der Waals surface area (Å²) in [7, 11) is 1.93. The first kappa shape index (κ1) is 23.2. The molecule has 1 aromatic carbocycles. The Labute approximate surface area is 211 Å². The normalized spacial score (nSPS) is 21.6. The van der Waals surface area contributed by atoms with Crippen molar-refractivity contribution in [3.05, 3.63) is 47.7 Å². The summed E-state index contributed by atoms with van der Waals surface area (Å²) in [5.74, 6) is -0.860. The quantitative estimate of drug-likeness (QED) is 0.397. The van der Waals surface area contributed by atoms with Crippen molar-refractivity contribution in [2.45, 2.75) is 38.0 Å². The lowest BCUT2D eigenvalue weighted by Crippen LogP contribution is -2.54. The third kappa shape index (κ3) is 3.91. The number of imide groups is 1. The molecule has 3 amide bonds. The predicted molar refractivity (Wildman–Crippen MR) is 130 cm³/mol. The number of pyridine rings is 1. The minimum Gasteiger partial charge on any atom is -0.488 e. The maximum atomic E-state index is 13.2.